The number of carbonyl (C=O) groups is 3. The summed E-state index contributed by atoms with van der Waals surface area (Å²) in [4.78, 5) is 35.4. The van der Waals surface area contributed by atoms with E-state index < -0.39 is 12.1 Å². The van der Waals surface area contributed by atoms with Crippen LogP contribution in [0.5, 0.6) is 0 Å². The largest absolute Gasteiger partial charge is 0.451 e. The van der Waals surface area contributed by atoms with Gasteiger partial charge in [0.2, 0.25) is 0 Å². The molecule has 6 heteroatoms. The zero-order chi connectivity index (χ0) is 16.7. The van der Waals surface area contributed by atoms with Crippen LogP contribution in [0.4, 0.5) is 0 Å². The second-order valence-electron chi connectivity index (χ2n) is 5.67. The normalized spacial score (nSPS) is 15.7. The summed E-state index contributed by atoms with van der Waals surface area (Å²) >= 11 is 0. The maximum absolute atomic E-state index is 11.9. The number of hydrogen-bond acceptors (Lipinski definition) is 4. The fourth-order valence-electron chi connectivity index (χ4n) is 2.53. The van der Waals surface area contributed by atoms with Crippen LogP contribution in [0.25, 0.3) is 0 Å². The van der Waals surface area contributed by atoms with Gasteiger partial charge < -0.3 is 15.4 Å². The highest BCUT2D eigenvalue weighted by atomic mass is 16.5. The lowest BCUT2D eigenvalue weighted by molar-refractivity contribution is -0.154. The predicted octanol–water partition coefficient (Wildman–Crippen LogP) is 1.41. The molecule has 0 bridgehead atoms. The second-order valence-corrected chi connectivity index (χ2v) is 5.67. The molecular weight excluding hydrogens is 296 g/mol. The van der Waals surface area contributed by atoms with Crippen molar-refractivity contribution < 1.29 is 19.1 Å². The Hall–Kier alpha value is -2.37. The minimum Gasteiger partial charge on any atom is -0.451 e. The van der Waals surface area contributed by atoms with E-state index in [2.05, 4.69) is 10.6 Å². The van der Waals surface area contributed by atoms with Crippen LogP contribution >= 0.6 is 0 Å². The van der Waals surface area contributed by atoms with E-state index in [4.69, 9.17) is 4.74 Å². The molecule has 1 saturated carbocycles. The molecule has 2 amide bonds. The first-order valence-corrected chi connectivity index (χ1v) is 7.89. The van der Waals surface area contributed by atoms with Crippen molar-refractivity contribution in [2.45, 2.75) is 44.8 Å². The summed E-state index contributed by atoms with van der Waals surface area (Å²) in [6.45, 7) is 1.26. The molecule has 23 heavy (non-hydrogen) atoms. The zero-order valence-electron chi connectivity index (χ0n) is 13.2. The summed E-state index contributed by atoms with van der Waals surface area (Å²) in [5.74, 6) is -1.28. The number of amides is 2. The molecule has 0 unspecified atom stereocenters. The number of ether oxygens (including phenoxy) is 1. The van der Waals surface area contributed by atoms with Crippen molar-refractivity contribution in [3.8, 4) is 0 Å². The average Bonchev–Trinajstić information content (AvgIpc) is 3.06. The van der Waals surface area contributed by atoms with E-state index in [9.17, 15) is 14.4 Å². The monoisotopic (exact) mass is 318 g/mol. The fourth-order valence-corrected chi connectivity index (χ4v) is 2.53. The highest BCUT2D eigenvalue weighted by Crippen LogP contribution is 2.17. The lowest BCUT2D eigenvalue weighted by atomic mass is 10.2. The molecule has 0 aromatic heterocycles. The topological polar surface area (TPSA) is 84.5 Å². The Morgan fingerprint density at radius 1 is 1.17 bits per heavy atom. The molecule has 0 saturated heterocycles. The number of carbonyl (C=O) groups excluding carboxylic acids is 3. The van der Waals surface area contributed by atoms with E-state index in [0.29, 0.717) is 5.56 Å². The molecular formula is C17H22N2O4. The van der Waals surface area contributed by atoms with Crippen LogP contribution < -0.4 is 10.6 Å². The lowest BCUT2D eigenvalue weighted by Gasteiger charge is -2.17. The van der Waals surface area contributed by atoms with Crippen molar-refractivity contribution in [2.24, 2.45) is 0 Å². The SMILES string of the molecule is C[C@@H](OC(=O)CNC(=O)c1ccccc1)C(=O)NC1CCCC1. The molecule has 1 aliphatic carbocycles. The number of benzene rings is 1. The number of esters is 1. The van der Waals surface area contributed by atoms with E-state index >= 15 is 0 Å². The van der Waals surface area contributed by atoms with Gasteiger partial charge in [0.15, 0.2) is 6.10 Å². The van der Waals surface area contributed by atoms with Crippen LogP contribution in [0, 0.1) is 0 Å². The Balaban J connectivity index is 1.71. The standard InChI is InChI=1S/C17H22N2O4/c1-12(16(21)19-14-9-5-6-10-14)23-15(20)11-18-17(22)13-7-3-2-4-8-13/h2-4,7-8,12,14H,5-6,9-11H2,1H3,(H,18,22)(H,19,21)/t12-/m1/s1. The maximum atomic E-state index is 11.9. The fraction of sp³-hybridized carbons (Fsp3) is 0.471. The van der Waals surface area contributed by atoms with Crippen LogP contribution in [0.2, 0.25) is 0 Å². The van der Waals surface area contributed by atoms with Crippen molar-refractivity contribution in [3.63, 3.8) is 0 Å². The Morgan fingerprint density at radius 2 is 1.83 bits per heavy atom. The molecule has 1 aromatic rings. The quantitative estimate of drug-likeness (QED) is 0.777. The van der Waals surface area contributed by atoms with E-state index in [1.807, 2.05) is 0 Å². The third kappa shape index (κ3) is 5.39. The molecule has 1 aliphatic rings. The minimum absolute atomic E-state index is 0.182. The number of hydrogen-bond donors (Lipinski definition) is 2. The Bertz CT molecular complexity index is 553. The summed E-state index contributed by atoms with van der Waals surface area (Å²) in [5.41, 5.74) is 0.465. The molecule has 0 aliphatic heterocycles. The van der Waals surface area contributed by atoms with Gasteiger partial charge in [-0.05, 0) is 31.9 Å². The van der Waals surface area contributed by atoms with Gasteiger partial charge in [-0.3, -0.25) is 14.4 Å². The Labute approximate surface area is 135 Å². The summed E-state index contributed by atoms with van der Waals surface area (Å²) in [5, 5.41) is 5.34. The molecule has 2 rings (SSSR count). The average molecular weight is 318 g/mol. The first kappa shape index (κ1) is 17.0. The second kappa shape index (κ2) is 8.31. The van der Waals surface area contributed by atoms with Gasteiger partial charge in [-0.1, -0.05) is 31.0 Å². The van der Waals surface area contributed by atoms with E-state index in [1.54, 1.807) is 30.3 Å². The Kier molecular flexibility index (Phi) is 6.14. The number of nitrogens with one attached hydrogen (secondary N) is 2. The van der Waals surface area contributed by atoms with Crippen LogP contribution in [0.1, 0.15) is 43.0 Å². The lowest BCUT2D eigenvalue weighted by Crippen LogP contribution is -2.42. The highest BCUT2D eigenvalue weighted by Gasteiger charge is 2.23. The minimum atomic E-state index is -0.864. The van der Waals surface area contributed by atoms with Gasteiger partial charge in [-0.15, -0.1) is 0 Å². The summed E-state index contributed by atoms with van der Waals surface area (Å²) < 4.78 is 5.04. The molecule has 1 atom stereocenters. The molecule has 1 fully saturated rings. The van der Waals surface area contributed by atoms with Crippen LogP contribution in [0.15, 0.2) is 30.3 Å². The van der Waals surface area contributed by atoms with E-state index in [-0.39, 0.29) is 24.4 Å². The predicted molar refractivity (Wildman–Crippen MR) is 84.7 cm³/mol. The maximum Gasteiger partial charge on any atom is 0.326 e. The molecule has 0 spiro atoms. The van der Waals surface area contributed by atoms with Crippen molar-refractivity contribution in [3.05, 3.63) is 35.9 Å². The molecule has 0 heterocycles. The third-order valence-corrected chi connectivity index (χ3v) is 3.81. The van der Waals surface area contributed by atoms with Gasteiger partial charge >= 0.3 is 5.97 Å². The van der Waals surface area contributed by atoms with Gasteiger partial charge in [-0.25, -0.2) is 0 Å². The molecule has 124 valence electrons. The van der Waals surface area contributed by atoms with Crippen molar-refractivity contribution in [1.29, 1.82) is 0 Å². The van der Waals surface area contributed by atoms with Crippen LogP contribution in [-0.4, -0.2) is 36.5 Å². The Morgan fingerprint density at radius 3 is 2.48 bits per heavy atom. The van der Waals surface area contributed by atoms with Gasteiger partial charge in [0.05, 0.1) is 0 Å². The van der Waals surface area contributed by atoms with Gasteiger partial charge in [0, 0.05) is 11.6 Å². The summed E-state index contributed by atoms with van der Waals surface area (Å²) in [6.07, 6.45) is 3.31. The smallest absolute Gasteiger partial charge is 0.326 e. The van der Waals surface area contributed by atoms with E-state index in [1.165, 1.54) is 6.92 Å². The van der Waals surface area contributed by atoms with Gasteiger partial charge in [-0.2, -0.15) is 0 Å². The van der Waals surface area contributed by atoms with Gasteiger partial charge in [0.1, 0.15) is 6.54 Å². The number of rotatable bonds is 6. The van der Waals surface area contributed by atoms with E-state index in [0.717, 1.165) is 25.7 Å². The first-order chi connectivity index (χ1) is 11.1. The van der Waals surface area contributed by atoms with Gasteiger partial charge in [0.25, 0.3) is 11.8 Å². The zero-order valence-corrected chi connectivity index (χ0v) is 13.2. The molecule has 2 N–H and O–H groups in total. The van der Waals surface area contributed by atoms with Crippen molar-refractivity contribution in [1.82, 2.24) is 10.6 Å². The highest BCUT2D eigenvalue weighted by molar-refractivity contribution is 5.96. The molecule has 1 aromatic carbocycles. The van der Waals surface area contributed by atoms with Crippen molar-refractivity contribution in [2.75, 3.05) is 6.54 Å². The van der Waals surface area contributed by atoms with Crippen LogP contribution in [0.3, 0.4) is 0 Å². The third-order valence-electron chi connectivity index (χ3n) is 3.81. The molecule has 0 radical (unpaired) electrons. The summed E-state index contributed by atoms with van der Waals surface area (Å²) in [7, 11) is 0. The van der Waals surface area contributed by atoms with Crippen LogP contribution in [-0.2, 0) is 14.3 Å². The van der Waals surface area contributed by atoms with Crippen molar-refractivity contribution >= 4 is 17.8 Å². The first-order valence-electron chi connectivity index (χ1n) is 7.89. The molecule has 6 nitrogen and oxygen atoms in total. The summed E-state index contributed by atoms with van der Waals surface area (Å²) in [6, 6.07) is 8.76.